The molecule has 2 heterocycles. The topological polar surface area (TPSA) is 84.2 Å². The molecule has 2 aromatic heterocycles. The number of anilines is 2. The molecule has 0 aliphatic carbocycles. The van der Waals surface area contributed by atoms with E-state index in [1.165, 1.54) is 23.2 Å². The first-order valence-electron chi connectivity index (χ1n) is 8.78. The molecule has 6 nitrogen and oxygen atoms in total. The Morgan fingerprint density at radius 2 is 1.86 bits per heavy atom. The second-order valence-electron chi connectivity index (χ2n) is 6.14. The summed E-state index contributed by atoms with van der Waals surface area (Å²) >= 11 is 1.33. The number of carbonyl (C=O) groups is 2. The summed E-state index contributed by atoms with van der Waals surface area (Å²) in [5.74, 6) is -0.299. The molecule has 2 N–H and O–H groups in total. The zero-order chi connectivity index (χ0) is 19.5. The van der Waals surface area contributed by atoms with E-state index in [0.29, 0.717) is 16.4 Å². The maximum atomic E-state index is 12.4. The Balaban J connectivity index is 1.49. The summed E-state index contributed by atoms with van der Waals surface area (Å²) in [6, 6.07) is 16.2. The number of carbonyl (C=O) groups excluding carboxylic acids is 2. The lowest BCUT2D eigenvalue weighted by molar-refractivity contribution is 0.0994. The molecular formula is C21H17N3O3S. The molecular weight excluding hydrogens is 374 g/mol. The normalized spacial score (nSPS) is 10.8. The van der Waals surface area contributed by atoms with E-state index in [4.69, 9.17) is 4.42 Å². The van der Waals surface area contributed by atoms with Crippen LogP contribution >= 0.6 is 11.3 Å². The Labute approximate surface area is 165 Å². The molecule has 140 valence electrons. The van der Waals surface area contributed by atoms with E-state index in [-0.39, 0.29) is 17.6 Å². The van der Waals surface area contributed by atoms with E-state index in [1.54, 1.807) is 18.2 Å². The second-order valence-corrected chi connectivity index (χ2v) is 7.17. The monoisotopic (exact) mass is 391 g/mol. The number of hydrogen-bond donors (Lipinski definition) is 2. The SMILES string of the molecule is CCc1ccc(C(=O)Nc2ccc3nc(NC(=O)c4ccco4)sc3c2)cc1. The molecule has 0 atom stereocenters. The summed E-state index contributed by atoms with van der Waals surface area (Å²) in [4.78, 5) is 28.9. The first kappa shape index (κ1) is 17.9. The smallest absolute Gasteiger partial charge is 0.293 e. The molecule has 0 aliphatic heterocycles. The van der Waals surface area contributed by atoms with Crippen LogP contribution in [0.3, 0.4) is 0 Å². The number of hydrogen-bond acceptors (Lipinski definition) is 5. The van der Waals surface area contributed by atoms with E-state index in [2.05, 4.69) is 22.5 Å². The number of rotatable bonds is 5. The van der Waals surface area contributed by atoms with Gasteiger partial charge in [0.25, 0.3) is 11.8 Å². The molecule has 0 spiro atoms. The van der Waals surface area contributed by atoms with Gasteiger partial charge in [0.1, 0.15) is 0 Å². The van der Waals surface area contributed by atoms with Gasteiger partial charge in [0, 0.05) is 11.3 Å². The fourth-order valence-corrected chi connectivity index (χ4v) is 3.62. The van der Waals surface area contributed by atoms with E-state index < -0.39 is 0 Å². The van der Waals surface area contributed by atoms with Crippen molar-refractivity contribution >= 4 is 44.2 Å². The largest absolute Gasteiger partial charge is 0.459 e. The highest BCUT2D eigenvalue weighted by Gasteiger charge is 2.13. The van der Waals surface area contributed by atoms with Crippen molar-refractivity contribution in [2.45, 2.75) is 13.3 Å². The fraction of sp³-hybridized carbons (Fsp3) is 0.0952. The van der Waals surface area contributed by atoms with Gasteiger partial charge in [0.15, 0.2) is 10.9 Å². The third-order valence-corrected chi connectivity index (χ3v) is 5.17. The molecule has 2 aromatic carbocycles. The molecule has 0 bridgehead atoms. The van der Waals surface area contributed by atoms with Crippen molar-refractivity contribution in [3.63, 3.8) is 0 Å². The highest BCUT2D eigenvalue weighted by Crippen LogP contribution is 2.29. The number of furan rings is 1. The van der Waals surface area contributed by atoms with E-state index >= 15 is 0 Å². The third kappa shape index (κ3) is 3.79. The van der Waals surface area contributed by atoms with Gasteiger partial charge in [0.2, 0.25) is 0 Å². The number of aromatic nitrogens is 1. The highest BCUT2D eigenvalue weighted by atomic mass is 32.1. The number of aryl methyl sites for hydroxylation is 1. The molecule has 0 saturated heterocycles. The Hall–Kier alpha value is -3.45. The van der Waals surface area contributed by atoms with Crippen LogP contribution in [0.15, 0.2) is 65.3 Å². The van der Waals surface area contributed by atoms with Gasteiger partial charge in [-0.3, -0.25) is 14.9 Å². The minimum Gasteiger partial charge on any atom is -0.459 e. The molecule has 7 heteroatoms. The Bertz CT molecular complexity index is 1130. The highest BCUT2D eigenvalue weighted by molar-refractivity contribution is 7.22. The van der Waals surface area contributed by atoms with Crippen molar-refractivity contribution in [3.05, 3.63) is 77.7 Å². The molecule has 4 aromatic rings. The maximum Gasteiger partial charge on any atom is 0.293 e. The summed E-state index contributed by atoms with van der Waals surface area (Å²) in [7, 11) is 0. The van der Waals surface area contributed by atoms with Crippen LogP contribution in [-0.4, -0.2) is 16.8 Å². The van der Waals surface area contributed by atoms with Gasteiger partial charge in [-0.1, -0.05) is 30.4 Å². The lowest BCUT2D eigenvalue weighted by atomic mass is 10.1. The number of benzene rings is 2. The molecule has 0 unspecified atom stereocenters. The molecule has 0 aliphatic rings. The average Bonchev–Trinajstić information content (AvgIpc) is 3.37. The number of thiazole rings is 1. The van der Waals surface area contributed by atoms with Gasteiger partial charge in [-0.2, -0.15) is 0 Å². The minimum absolute atomic E-state index is 0.169. The van der Waals surface area contributed by atoms with Crippen molar-refractivity contribution in [2.75, 3.05) is 10.6 Å². The summed E-state index contributed by atoms with van der Waals surface area (Å²) in [6.07, 6.45) is 2.38. The minimum atomic E-state index is -0.354. The molecule has 0 fully saturated rings. The molecule has 2 amide bonds. The van der Waals surface area contributed by atoms with Crippen LogP contribution in [-0.2, 0) is 6.42 Å². The van der Waals surface area contributed by atoms with Crippen molar-refractivity contribution < 1.29 is 14.0 Å². The molecule has 0 radical (unpaired) electrons. The van der Waals surface area contributed by atoms with Crippen LogP contribution in [0.5, 0.6) is 0 Å². The summed E-state index contributed by atoms with van der Waals surface area (Å²) in [5.41, 5.74) is 3.20. The predicted octanol–water partition coefficient (Wildman–Crippen LogP) is 4.96. The van der Waals surface area contributed by atoms with Gasteiger partial charge in [-0.15, -0.1) is 0 Å². The van der Waals surface area contributed by atoms with Crippen LogP contribution in [0, 0.1) is 0 Å². The lowest BCUT2D eigenvalue weighted by Crippen LogP contribution is -2.11. The summed E-state index contributed by atoms with van der Waals surface area (Å²) < 4.78 is 5.93. The van der Waals surface area contributed by atoms with Crippen molar-refractivity contribution in [3.8, 4) is 0 Å². The number of nitrogens with one attached hydrogen (secondary N) is 2. The number of fused-ring (bicyclic) bond motifs is 1. The zero-order valence-electron chi connectivity index (χ0n) is 15.1. The van der Waals surface area contributed by atoms with Gasteiger partial charge in [-0.25, -0.2) is 4.98 Å². The quantitative estimate of drug-likeness (QED) is 0.504. The van der Waals surface area contributed by atoms with Gasteiger partial charge < -0.3 is 9.73 Å². The van der Waals surface area contributed by atoms with Gasteiger partial charge >= 0.3 is 0 Å². The molecule has 0 saturated carbocycles. The maximum absolute atomic E-state index is 12.4. The fourth-order valence-electron chi connectivity index (χ4n) is 2.72. The van der Waals surface area contributed by atoms with Crippen LogP contribution in [0.4, 0.5) is 10.8 Å². The van der Waals surface area contributed by atoms with Crippen molar-refractivity contribution in [1.82, 2.24) is 4.98 Å². The average molecular weight is 391 g/mol. The Morgan fingerprint density at radius 3 is 2.57 bits per heavy atom. The van der Waals surface area contributed by atoms with E-state index in [1.807, 2.05) is 36.4 Å². The summed E-state index contributed by atoms with van der Waals surface area (Å²) in [6.45, 7) is 2.07. The standard InChI is InChI=1S/C21H17N3O3S/c1-2-13-5-7-14(8-6-13)19(25)22-15-9-10-16-18(12-15)28-21(23-16)24-20(26)17-4-3-11-27-17/h3-12H,2H2,1H3,(H,22,25)(H,23,24,26). The van der Waals surface area contributed by atoms with Crippen LogP contribution in [0.25, 0.3) is 10.2 Å². The van der Waals surface area contributed by atoms with E-state index in [9.17, 15) is 9.59 Å². The van der Waals surface area contributed by atoms with Crippen LogP contribution in [0.2, 0.25) is 0 Å². The number of amides is 2. The zero-order valence-corrected chi connectivity index (χ0v) is 15.9. The predicted molar refractivity (Wildman–Crippen MR) is 110 cm³/mol. The van der Waals surface area contributed by atoms with Gasteiger partial charge in [0.05, 0.1) is 16.5 Å². The molecule has 4 rings (SSSR count). The number of nitrogens with zero attached hydrogens (tertiary/aromatic N) is 1. The third-order valence-electron chi connectivity index (χ3n) is 4.24. The second kappa shape index (κ2) is 7.66. The first-order chi connectivity index (χ1) is 13.6. The van der Waals surface area contributed by atoms with Crippen molar-refractivity contribution in [2.24, 2.45) is 0 Å². The van der Waals surface area contributed by atoms with E-state index in [0.717, 1.165) is 16.6 Å². The Kier molecular flexibility index (Phi) is 4.90. The molecule has 28 heavy (non-hydrogen) atoms. The van der Waals surface area contributed by atoms with Crippen LogP contribution < -0.4 is 10.6 Å². The summed E-state index contributed by atoms with van der Waals surface area (Å²) in [5, 5.41) is 6.08. The lowest BCUT2D eigenvalue weighted by Gasteiger charge is -2.06. The first-order valence-corrected chi connectivity index (χ1v) is 9.60. The van der Waals surface area contributed by atoms with Crippen molar-refractivity contribution in [1.29, 1.82) is 0 Å². The Morgan fingerprint density at radius 1 is 1.04 bits per heavy atom. The van der Waals surface area contributed by atoms with Gasteiger partial charge in [-0.05, 0) is 54.4 Å². The van der Waals surface area contributed by atoms with Crippen LogP contribution in [0.1, 0.15) is 33.4 Å².